The van der Waals surface area contributed by atoms with Crippen LogP contribution in [-0.2, 0) is 21.8 Å². The highest BCUT2D eigenvalue weighted by Gasteiger charge is 2.40. The van der Waals surface area contributed by atoms with Gasteiger partial charge in [0.2, 0.25) is 0 Å². The van der Waals surface area contributed by atoms with E-state index in [1.54, 1.807) is 47.7 Å². The lowest BCUT2D eigenvalue weighted by Crippen LogP contribution is -2.29. The molecule has 19 heteroatoms. The molecule has 0 fully saturated rings. The molecular weight excluding hydrogens is 665 g/mol. The molecule has 6 aromatic rings. The van der Waals surface area contributed by atoms with Gasteiger partial charge in [0, 0.05) is 35.0 Å². The predicted octanol–water partition coefficient (Wildman–Crippen LogP) is 5.00. The number of H-pyrrole nitrogens is 3. The molecule has 4 heterocycles. The number of aromatic amines is 3. The van der Waals surface area contributed by atoms with Crippen LogP contribution in [0.4, 0.5) is 26.3 Å². The summed E-state index contributed by atoms with van der Waals surface area (Å²) in [5.74, 6) is -2.08. The van der Waals surface area contributed by atoms with Crippen LogP contribution in [0, 0.1) is 0 Å². The van der Waals surface area contributed by atoms with E-state index in [1.165, 1.54) is 13.8 Å². The maximum absolute atomic E-state index is 13.1. The topological polar surface area (TPSA) is 171 Å². The van der Waals surface area contributed by atoms with Gasteiger partial charge in [-0.05, 0) is 61.1 Å². The number of esters is 2. The number of fused-ring (bicyclic) bond motifs is 2. The van der Waals surface area contributed by atoms with Gasteiger partial charge in [-0.15, -0.1) is 0 Å². The SMILES string of the molecule is CCOC(=O)c1cn(-c2ccc3[nH]ccc3c2)nc1C(F)(F)F.CCOC(=O)c1cn[nH]c1C(F)(F)F.OB(O)c1ccc2[nH]ccc2c1. The number of halogens is 6. The Balaban J connectivity index is 0.000000178. The van der Waals surface area contributed by atoms with Gasteiger partial charge in [-0.2, -0.15) is 36.5 Å². The Labute approximate surface area is 272 Å². The summed E-state index contributed by atoms with van der Waals surface area (Å²) in [6.45, 7) is 3.03. The Kier molecular flexibility index (Phi) is 11.2. The first-order valence-electron chi connectivity index (χ1n) is 14.3. The van der Waals surface area contributed by atoms with E-state index in [2.05, 4.69) is 29.6 Å². The second-order valence-electron chi connectivity index (χ2n) is 9.88. The number of hydrogen-bond donors (Lipinski definition) is 5. The van der Waals surface area contributed by atoms with Crippen molar-refractivity contribution in [1.29, 1.82) is 0 Å². The van der Waals surface area contributed by atoms with Crippen LogP contribution in [0.1, 0.15) is 46.0 Å². The smallest absolute Gasteiger partial charge is 0.462 e. The fourth-order valence-corrected chi connectivity index (χ4v) is 4.36. The standard InChI is InChI=1S/C15H12F3N3O2.C8H8BNO2.C7H7F3N2O2/c1-2-23-14(22)11-8-21(20-13(11)15(16,17)18)10-3-4-12-9(7-10)5-6-19-12;11-9(12)7-1-2-8-6(5-7)3-4-10-8;1-2-14-6(13)4-3-11-12-5(4)7(8,9)10/h3-8,19H,2H2,1H3;1-5,10-12H;3H,2H2,1H3,(H,11,12). The van der Waals surface area contributed by atoms with Gasteiger partial charge in [0.15, 0.2) is 11.4 Å². The summed E-state index contributed by atoms with van der Waals surface area (Å²) in [5, 5.41) is 27.9. The lowest BCUT2D eigenvalue weighted by atomic mass is 9.80. The minimum Gasteiger partial charge on any atom is -0.462 e. The van der Waals surface area contributed by atoms with E-state index in [4.69, 9.17) is 10.0 Å². The number of carbonyl (C=O) groups is 2. The highest BCUT2D eigenvalue weighted by molar-refractivity contribution is 6.58. The van der Waals surface area contributed by atoms with Crippen LogP contribution in [0.3, 0.4) is 0 Å². The Morgan fingerprint density at radius 1 is 0.816 bits per heavy atom. The van der Waals surface area contributed by atoms with E-state index in [1.807, 2.05) is 18.3 Å². The van der Waals surface area contributed by atoms with E-state index < -0.39 is 53.9 Å². The molecule has 49 heavy (non-hydrogen) atoms. The van der Waals surface area contributed by atoms with Crippen LogP contribution in [0.25, 0.3) is 27.5 Å². The number of carbonyl (C=O) groups excluding carboxylic acids is 2. The molecule has 12 nitrogen and oxygen atoms in total. The molecule has 0 bridgehead atoms. The van der Waals surface area contributed by atoms with E-state index in [-0.39, 0.29) is 13.2 Å². The van der Waals surface area contributed by atoms with Gasteiger partial charge in [0.05, 0.1) is 25.1 Å². The fourth-order valence-electron chi connectivity index (χ4n) is 4.36. The monoisotopic (exact) mass is 692 g/mol. The summed E-state index contributed by atoms with van der Waals surface area (Å²) in [6.07, 6.45) is -4.00. The summed E-state index contributed by atoms with van der Waals surface area (Å²) in [4.78, 5) is 28.8. The summed E-state index contributed by atoms with van der Waals surface area (Å²) in [5.41, 5.74) is -0.865. The Morgan fingerprint density at radius 3 is 1.94 bits per heavy atom. The van der Waals surface area contributed by atoms with Crippen LogP contribution in [0.5, 0.6) is 0 Å². The molecule has 6 rings (SSSR count). The van der Waals surface area contributed by atoms with Crippen LogP contribution in [-0.4, -0.2) is 72.3 Å². The third-order valence-corrected chi connectivity index (χ3v) is 6.57. The first-order valence-corrected chi connectivity index (χ1v) is 14.3. The molecule has 5 N–H and O–H groups in total. The zero-order chi connectivity index (χ0) is 35.9. The van der Waals surface area contributed by atoms with Crippen LogP contribution >= 0.6 is 0 Å². The molecule has 0 unspecified atom stereocenters. The summed E-state index contributed by atoms with van der Waals surface area (Å²) in [7, 11) is -1.38. The molecule has 0 spiro atoms. The Hall–Kier alpha value is -5.56. The van der Waals surface area contributed by atoms with E-state index in [9.17, 15) is 35.9 Å². The van der Waals surface area contributed by atoms with Gasteiger partial charge in [0.1, 0.15) is 11.1 Å². The first-order chi connectivity index (χ1) is 23.1. The molecule has 0 radical (unpaired) electrons. The Bertz CT molecular complexity index is 2030. The fraction of sp³-hybridized carbons (Fsp3) is 0.200. The lowest BCUT2D eigenvalue weighted by Gasteiger charge is -2.05. The van der Waals surface area contributed by atoms with Crippen molar-refractivity contribution in [3.05, 3.63) is 95.8 Å². The van der Waals surface area contributed by atoms with Gasteiger partial charge >= 0.3 is 31.4 Å². The first kappa shape index (κ1) is 36.3. The molecule has 0 amide bonds. The molecule has 0 saturated carbocycles. The summed E-state index contributed by atoms with van der Waals surface area (Å²) >= 11 is 0. The molecule has 0 saturated heterocycles. The number of ether oxygens (including phenoxy) is 2. The van der Waals surface area contributed by atoms with Crippen molar-refractivity contribution in [2.45, 2.75) is 26.2 Å². The molecule has 0 aliphatic carbocycles. The van der Waals surface area contributed by atoms with Crippen LogP contribution in [0.15, 0.2) is 73.3 Å². The van der Waals surface area contributed by atoms with Gasteiger partial charge in [0.25, 0.3) is 0 Å². The number of nitrogens with one attached hydrogen (secondary N) is 3. The van der Waals surface area contributed by atoms with Crippen LogP contribution < -0.4 is 5.46 Å². The van der Waals surface area contributed by atoms with Crippen molar-refractivity contribution in [3.63, 3.8) is 0 Å². The molecule has 0 aliphatic heterocycles. The maximum atomic E-state index is 13.1. The molecule has 2 aromatic carbocycles. The van der Waals surface area contributed by atoms with E-state index in [0.29, 0.717) is 11.2 Å². The third-order valence-electron chi connectivity index (χ3n) is 6.57. The number of alkyl halides is 6. The van der Waals surface area contributed by atoms with Gasteiger partial charge in [-0.3, -0.25) is 5.10 Å². The van der Waals surface area contributed by atoms with E-state index in [0.717, 1.165) is 38.9 Å². The minimum atomic E-state index is -4.74. The van der Waals surface area contributed by atoms with Crippen molar-refractivity contribution in [1.82, 2.24) is 29.9 Å². The number of rotatable bonds is 6. The molecule has 258 valence electrons. The van der Waals surface area contributed by atoms with Gasteiger partial charge in [-0.25, -0.2) is 14.3 Å². The predicted molar refractivity (Wildman–Crippen MR) is 164 cm³/mol. The highest BCUT2D eigenvalue weighted by atomic mass is 19.4. The van der Waals surface area contributed by atoms with Crippen LogP contribution in [0.2, 0.25) is 0 Å². The zero-order valence-corrected chi connectivity index (χ0v) is 25.6. The average Bonchev–Trinajstić information content (AvgIpc) is 3.86. The number of benzene rings is 2. The molecular formula is C30H27BF6N6O6. The second kappa shape index (κ2) is 15.1. The van der Waals surface area contributed by atoms with Crippen molar-refractivity contribution in [3.8, 4) is 5.69 Å². The lowest BCUT2D eigenvalue weighted by molar-refractivity contribution is -0.142. The Morgan fingerprint density at radius 2 is 1.39 bits per heavy atom. The van der Waals surface area contributed by atoms with Crippen molar-refractivity contribution in [2.75, 3.05) is 13.2 Å². The minimum absolute atomic E-state index is 0.0152. The number of nitrogens with zero attached hydrogens (tertiary/aromatic N) is 3. The molecule has 0 atom stereocenters. The number of aromatic nitrogens is 6. The van der Waals surface area contributed by atoms with Gasteiger partial charge in [-0.1, -0.05) is 12.1 Å². The third kappa shape index (κ3) is 8.88. The largest absolute Gasteiger partial charge is 0.488 e. The van der Waals surface area contributed by atoms with E-state index >= 15 is 0 Å². The van der Waals surface area contributed by atoms with Crippen molar-refractivity contribution < 1.29 is 55.5 Å². The molecule has 0 aliphatic rings. The second-order valence-corrected chi connectivity index (χ2v) is 9.88. The normalized spacial score (nSPS) is 11.4. The average molecular weight is 692 g/mol. The number of hydrogen-bond acceptors (Lipinski definition) is 8. The van der Waals surface area contributed by atoms with Crippen molar-refractivity contribution >= 4 is 46.3 Å². The maximum Gasteiger partial charge on any atom is 0.488 e. The molecule has 4 aromatic heterocycles. The van der Waals surface area contributed by atoms with Crippen molar-refractivity contribution in [2.24, 2.45) is 0 Å². The van der Waals surface area contributed by atoms with Gasteiger partial charge < -0.3 is 29.5 Å². The highest BCUT2D eigenvalue weighted by Crippen LogP contribution is 2.32. The summed E-state index contributed by atoms with van der Waals surface area (Å²) < 4.78 is 86.0. The zero-order valence-electron chi connectivity index (χ0n) is 25.6. The quantitative estimate of drug-likeness (QED) is 0.0923. The summed E-state index contributed by atoms with van der Waals surface area (Å²) in [6, 6.07) is 13.9.